The zero-order valence-corrected chi connectivity index (χ0v) is 27.6. The number of hydrogen-bond donors (Lipinski definition) is 2. The van der Waals surface area contributed by atoms with Crippen molar-refractivity contribution in [3.63, 3.8) is 0 Å². The molecule has 246 valence electrons. The fourth-order valence-electron chi connectivity index (χ4n) is 6.97. The van der Waals surface area contributed by atoms with E-state index in [-0.39, 0.29) is 34.9 Å². The number of halogens is 3. The molecule has 46 heavy (non-hydrogen) atoms. The van der Waals surface area contributed by atoms with Crippen molar-refractivity contribution in [2.45, 2.75) is 90.4 Å². The van der Waals surface area contributed by atoms with Gasteiger partial charge in [0.25, 0.3) is 11.8 Å². The van der Waals surface area contributed by atoms with Gasteiger partial charge in [0, 0.05) is 19.0 Å². The van der Waals surface area contributed by atoms with Crippen LogP contribution in [-0.4, -0.2) is 41.7 Å². The molecule has 1 fully saturated rings. The summed E-state index contributed by atoms with van der Waals surface area (Å²) in [6.45, 7) is 13.0. The fourth-order valence-corrected chi connectivity index (χ4v) is 6.97. The Bertz CT molecular complexity index is 1530. The Kier molecular flexibility index (Phi) is 10.5. The first kappa shape index (κ1) is 34.9. The summed E-state index contributed by atoms with van der Waals surface area (Å²) >= 11 is 0. The minimum Gasteiger partial charge on any atom is -0.386 e. The lowest BCUT2D eigenvalue weighted by molar-refractivity contribution is -0.138. The van der Waals surface area contributed by atoms with Gasteiger partial charge in [-0.2, -0.15) is 13.2 Å². The van der Waals surface area contributed by atoms with E-state index in [4.69, 9.17) is 5.73 Å². The molecule has 9 heteroatoms. The summed E-state index contributed by atoms with van der Waals surface area (Å²) in [4.78, 5) is 33.2. The number of benzene rings is 2. The predicted octanol–water partition coefficient (Wildman–Crippen LogP) is 7.91. The third kappa shape index (κ3) is 7.05. The Morgan fingerprint density at radius 1 is 1.17 bits per heavy atom. The van der Waals surface area contributed by atoms with Crippen LogP contribution in [0.1, 0.15) is 106 Å². The average Bonchev–Trinajstić information content (AvgIpc) is 3.04. The molecule has 6 nitrogen and oxygen atoms in total. The molecule has 0 aromatic heterocycles. The number of nitrogens with zero attached hydrogens (tertiary/aromatic N) is 2. The summed E-state index contributed by atoms with van der Waals surface area (Å²) in [7, 11) is 1.55. The molecule has 2 amide bonds. The highest BCUT2D eigenvalue weighted by molar-refractivity contribution is 6.20. The maximum atomic E-state index is 14.7. The molecular formula is C37H46F3N4O2+. The van der Waals surface area contributed by atoms with Crippen LogP contribution in [-0.2, 0) is 11.0 Å². The number of amides is 2. The van der Waals surface area contributed by atoms with Crippen molar-refractivity contribution < 1.29 is 22.8 Å². The third-order valence-corrected chi connectivity index (χ3v) is 10.3. The lowest BCUT2D eigenvalue weighted by Crippen LogP contribution is -2.57. The molecule has 2 aromatic carbocycles. The number of amidine groups is 1. The molecule has 1 aliphatic heterocycles. The largest absolute Gasteiger partial charge is 0.416 e. The van der Waals surface area contributed by atoms with E-state index in [0.29, 0.717) is 30.2 Å². The van der Waals surface area contributed by atoms with Crippen LogP contribution in [0.15, 0.2) is 64.8 Å². The van der Waals surface area contributed by atoms with Crippen molar-refractivity contribution in [2.75, 3.05) is 13.6 Å². The number of rotatable bonds is 10. The van der Waals surface area contributed by atoms with Gasteiger partial charge in [0.1, 0.15) is 5.84 Å². The Morgan fingerprint density at radius 2 is 1.83 bits per heavy atom. The first-order chi connectivity index (χ1) is 21.7. The van der Waals surface area contributed by atoms with Crippen molar-refractivity contribution in [3.8, 4) is 0 Å². The van der Waals surface area contributed by atoms with Crippen molar-refractivity contribution in [3.05, 3.63) is 89.0 Å². The van der Waals surface area contributed by atoms with Crippen molar-refractivity contribution >= 4 is 23.2 Å². The van der Waals surface area contributed by atoms with Gasteiger partial charge >= 0.3 is 6.18 Å². The van der Waals surface area contributed by atoms with Crippen LogP contribution in [0.25, 0.3) is 5.57 Å². The second kappa shape index (κ2) is 13.8. The summed E-state index contributed by atoms with van der Waals surface area (Å²) in [5.41, 5.74) is 10.2. The van der Waals surface area contributed by atoms with Gasteiger partial charge in [-0.15, -0.1) is 5.73 Å². The highest BCUT2D eigenvalue weighted by Crippen LogP contribution is 2.52. The maximum Gasteiger partial charge on any atom is 0.416 e. The van der Waals surface area contributed by atoms with Gasteiger partial charge in [-0.05, 0) is 84.9 Å². The summed E-state index contributed by atoms with van der Waals surface area (Å²) in [6, 6.07) is 11.6. The summed E-state index contributed by atoms with van der Waals surface area (Å²) in [6.07, 6.45) is 0.869. The van der Waals surface area contributed by atoms with Crippen LogP contribution in [0.3, 0.4) is 0 Å². The molecule has 0 saturated heterocycles. The van der Waals surface area contributed by atoms with Gasteiger partial charge in [0.15, 0.2) is 0 Å². The molecule has 2 aliphatic rings. The van der Waals surface area contributed by atoms with E-state index in [0.717, 1.165) is 55.4 Å². The number of carbonyl (C=O) groups excluding carboxylic acids is 2. The van der Waals surface area contributed by atoms with Gasteiger partial charge in [-0.25, -0.2) is 0 Å². The normalized spacial score (nSPS) is 21.6. The third-order valence-electron chi connectivity index (χ3n) is 10.3. The second-order valence-electron chi connectivity index (χ2n) is 13.2. The van der Waals surface area contributed by atoms with E-state index in [2.05, 4.69) is 43.7 Å². The highest BCUT2D eigenvalue weighted by Gasteiger charge is 2.51. The molecule has 1 saturated carbocycles. The number of nitrogens with one attached hydrogen (secondary N) is 1. The Morgan fingerprint density at radius 3 is 2.39 bits per heavy atom. The summed E-state index contributed by atoms with van der Waals surface area (Å²) in [5.74, 6) is 0.146. The van der Waals surface area contributed by atoms with E-state index < -0.39 is 23.3 Å². The van der Waals surface area contributed by atoms with Crippen LogP contribution in [0.4, 0.5) is 13.2 Å². The lowest BCUT2D eigenvalue weighted by atomic mass is 9.62. The zero-order chi connectivity index (χ0) is 33.9. The quantitative estimate of drug-likeness (QED) is 0.120. The van der Waals surface area contributed by atoms with Crippen molar-refractivity contribution in [1.29, 1.82) is 0 Å². The predicted molar refractivity (Wildman–Crippen MR) is 177 cm³/mol. The number of alkyl halides is 3. The van der Waals surface area contributed by atoms with Crippen LogP contribution in [0, 0.1) is 18.3 Å². The van der Waals surface area contributed by atoms with E-state index in [1.54, 1.807) is 25.2 Å². The summed E-state index contributed by atoms with van der Waals surface area (Å²) < 4.78 is 41.1. The van der Waals surface area contributed by atoms with Gasteiger partial charge in [0.2, 0.25) is 0 Å². The Labute approximate surface area is 271 Å². The van der Waals surface area contributed by atoms with Crippen LogP contribution >= 0.6 is 0 Å². The first-order valence-electron chi connectivity index (χ1n) is 16.1. The smallest absolute Gasteiger partial charge is 0.386 e. The minimum atomic E-state index is -4.54. The monoisotopic (exact) mass is 635 g/mol. The van der Waals surface area contributed by atoms with Crippen molar-refractivity contribution in [2.24, 2.45) is 22.1 Å². The van der Waals surface area contributed by atoms with Crippen LogP contribution in [0.5, 0.6) is 0 Å². The van der Waals surface area contributed by atoms with E-state index in [1.807, 2.05) is 24.0 Å². The highest BCUT2D eigenvalue weighted by atomic mass is 19.4. The van der Waals surface area contributed by atoms with Crippen molar-refractivity contribution in [1.82, 2.24) is 10.2 Å². The van der Waals surface area contributed by atoms with E-state index >= 15 is 0 Å². The lowest BCUT2D eigenvalue weighted by Gasteiger charge is -2.54. The molecule has 3 N–H and O–H groups in total. The van der Waals surface area contributed by atoms with E-state index in [1.165, 1.54) is 6.07 Å². The molecule has 1 spiro atoms. The minimum absolute atomic E-state index is 0.123. The summed E-state index contributed by atoms with van der Waals surface area (Å²) in [5, 5.41) is 2.74. The fraction of sp³-hybridized carbons (Fsp3) is 0.486. The van der Waals surface area contributed by atoms with Crippen LogP contribution in [0.2, 0.25) is 0 Å². The van der Waals surface area contributed by atoms with Gasteiger partial charge in [-0.1, -0.05) is 51.5 Å². The SMILES string of the molecule is [CH2+]CCC(c1ccc(C(=O)NCC(N)=NC)cc1)N1C(=O)C(c2cccc(C(F)(F)F)c2)=C=C(C)C12CCC(C(C)(C)CC)CC2. The molecule has 0 bridgehead atoms. The Balaban J connectivity index is 1.80. The van der Waals surface area contributed by atoms with Gasteiger partial charge in [-0.3, -0.25) is 14.6 Å². The Hall–Kier alpha value is -3.97. The molecule has 4 rings (SSSR count). The first-order valence-corrected chi connectivity index (χ1v) is 16.1. The van der Waals surface area contributed by atoms with Gasteiger partial charge in [0.05, 0.1) is 42.6 Å². The topological polar surface area (TPSA) is 87.8 Å². The molecule has 1 heterocycles. The standard InChI is InChI=1S/C37H45F3N4O2/c1-7-10-31(25-13-15-26(16-14-25)33(45)43-23-32(41)42-6)44-34(46)30(27-11-9-12-29(22-27)37(38,39)40)21-24(3)36(44)19-17-28(18-20-36)35(4,5)8-2/h9,11-16,22,28,31H,1,7-8,10,17-20,23H2,2-6H3,(H2-,41,42,43,45)/p+1. The second-order valence-corrected chi connectivity index (χ2v) is 13.2. The van der Waals surface area contributed by atoms with Crippen LogP contribution < -0.4 is 11.1 Å². The van der Waals surface area contributed by atoms with E-state index in [9.17, 15) is 22.8 Å². The molecular weight excluding hydrogens is 589 g/mol. The molecule has 1 atom stereocenters. The average molecular weight is 636 g/mol. The number of aliphatic imine (C=N–C) groups is 1. The zero-order valence-electron chi connectivity index (χ0n) is 27.6. The molecule has 0 radical (unpaired) electrons. The van der Waals surface area contributed by atoms with Gasteiger partial charge < -0.3 is 16.0 Å². The number of carbonyl (C=O) groups is 2. The molecule has 2 aromatic rings. The molecule has 1 unspecified atom stereocenters. The molecule has 1 aliphatic carbocycles. The maximum absolute atomic E-state index is 14.7. The number of hydrogen-bond acceptors (Lipinski definition) is 3. The number of nitrogens with two attached hydrogens (primary N) is 1.